The average molecular weight is 394 g/mol. The summed E-state index contributed by atoms with van der Waals surface area (Å²) in [6.07, 6.45) is 1.61. The third kappa shape index (κ3) is 4.32. The summed E-state index contributed by atoms with van der Waals surface area (Å²) in [5, 5.41) is 13.8. The molecular weight excluding hydrogens is 373 g/mol. The van der Waals surface area contributed by atoms with E-state index in [1.807, 2.05) is 6.07 Å². The largest absolute Gasteiger partial charge is 0.497 e. The SMILES string of the molecule is COc1ccc2c(c1)CC(CNC(=O)C(O)c1ccc(Cl)c(Cl)c1)CC2. The average Bonchev–Trinajstić information content (AvgIpc) is 2.66. The van der Waals surface area contributed by atoms with Crippen LogP contribution in [0.5, 0.6) is 5.75 Å². The molecule has 0 saturated heterocycles. The third-order valence-corrected chi connectivity index (χ3v) is 5.56. The molecule has 0 saturated carbocycles. The fraction of sp³-hybridized carbons (Fsp3) is 0.350. The Morgan fingerprint density at radius 2 is 2.04 bits per heavy atom. The van der Waals surface area contributed by atoms with E-state index in [0.29, 0.717) is 28.1 Å². The first-order valence-electron chi connectivity index (χ1n) is 8.54. The standard InChI is InChI=1S/C20H21Cl2NO3/c1-26-16-6-4-13-3-2-12(8-15(13)9-16)11-23-20(25)19(24)14-5-7-17(21)18(22)10-14/h4-7,9-10,12,19,24H,2-3,8,11H2,1H3,(H,23,25). The highest BCUT2D eigenvalue weighted by atomic mass is 35.5. The minimum Gasteiger partial charge on any atom is -0.497 e. The number of fused-ring (bicyclic) bond motifs is 1. The Morgan fingerprint density at radius 3 is 2.77 bits per heavy atom. The lowest BCUT2D eigenvalue weighted by Gasteiger charge is -2.25. The number of amides is 1. The van der Waals surface area contributed by atoms with Crippen molar-refractivity contribution in [2.75, 3.05) is 13.7 Å². The maximum atomic E-state index is 12.3. The molecule has 6 heteroatoms. The number of carbonyl (C=O) groups is 1. The van der Waals surface area contributed by atoms with Crippen molar-refractivity contribution in [2.24, 2.45) is 5.92 Å². The quantitative estimate of drug-likeness (QED) is 0.807. The van der Waals surface area contributed by atoms with Crippen molar-refractivity contribution in [1.29, 1.82) is 0 Å². The molecule has 0 bridgehead atoms. The fourth-order valence-corrected chi connectivity index (χ4v) is 3.59. The van der Waals surface area contributed by atoms with E-state index in [0.717, 1.165) is 25.0 Å². The Labute approximate surface area is 163 Å². The number of methoxy groups -OCH3 is 1. The van der Waals surface area contributed by atoms with Crippen molar-refractivity contribution < 1.29 is 14.6 Å². The molecule has 2 aromatic rings. The first-order valence-corrected chi connectivity index (χ1v) is 9.30. The van der Waals surface area contributed by atoms with Gasteiger partial charge in [-0.25, -0.2) is 0 Å². The van der Waals surface area contributed by atoms with Crippen molar-refractivity contribution in [3.63, 3.8) is 0 Å². The van der Waals surface area contributed by atoms with Crippen LogP contribution in [0.3, 0.4) is 0 Å². The van der Waals surface area contributed by atoms with Crippen molar-refractivity contribution in [1.82, 2.24) is 5.32 Å². The summed E-state index contributed by atoms with van der Waals surface area (Å²) < 4.78 is 5.29. The Hall–Kier alpha value is -1.75. The van der Waals surface area contributed by atoms with Crippen molar-refractivity contribution in [2.45, 2.75) is 25.4 Å². The van der Waals surface area contributed by atoms with Gasteiger partial charge in [-0.3, -0.25) is 4.79 Å². The zero-order valence-corrected chi connectivity index (χ0v) is 16.0. The van der Waals surface area contributed by atoms with Crippen molar-refractivity contribution in [3.05, 3.63) is 63.1 Å². The normalized spacial score (nSPS) is 17.3. The zero-order valence-electron chi connectivity index (χ0n) is 14.5. The highest BCUT2D eigenvalue weighted by Crippen LogP contribution is 2.29. The number of aliphatic hydroxyl groups excluding tert-OH is 1. The fourth-order valence-electron chi connectivity index (χ4n) is 3.29. The molecule has 0 aliphatic heterocycles. The van der Waals surface area contributed by atoms with E-state index in [9.17, 15) is 9.90 Å². The van der Waals surface area contributed by atoms with Gasteiger partial charge in [-0.2, -0.15) is 0 Å². The van der Waals surface area contributed by atoms with E-state index in [2.05, 4.69) is 17.4 Å². The lowest BCUT2D eigenvalue weighted by Crippen LogP contribution is -2.35. The molecular formula is C20H21Cl2NO3. The highest BCUT2D eigenvalue weighted by molar-refractivity contribution is 6.42. The highest BCUT2D eigenvalue weighted by Gasteiger charge is 2.22. The molecule has 2 aromatic carbocycles. The second kappa shape index (κ2) is 8.30. The Balaban J connectivity index is 1.58. The number of halogens is 2. The molecule has 2 unspecified atom stereocenters. The molecule has 1 aliphatic carbocycles. The van der Waals surface area contributed by atoms with Gasteiger partial charge in [-0.15, -0.1) is 0 Å². The maximum Gasteiger partial charge on any atom is 0.253 e. The van der Waals surface area contributed by atoms with Gasteiger partial charge in [0.2, 0.25) is 0 Å². The Kier molecular flexibility index (Phi) is 6.07. The summed E-state index contributed by atoms with van der Waals surface area (Å²) in [5.74, 6) is 0.753. The lowest BCUT2D eigenvalue weighted by molar-refractivity contribution is -0.129. The number of benzene rings is 2. The second-order valence-electron chi connectivity index (χ2n) is 6.56. The first-order chi connectivity index (χ1) is 12.5. The van der Waals surface area contributed by atoms with Crippen LogP contribution in [0.1, 0.15) is 29.2 Å². The number of hydrogen-bond donors (Lipinski definition) is 2. The van der Waals surface area contributed by atoms with E-state index >= 15 is 0 Å². The van der Waals surface area contributed by atoms with Crippen molar-refractivity contribution in [3.8, 4) is 5.75 Å². The van der Waals surface area contributed by atoms with Gasteiger partial charge in [0, 0.05) is 6.54 Å². The number of aliphatic hydroxyl groups is 1. The number of rotatable bonds is 5. The molecule has 0 fully saturated rings. The van der Waals surface area contributed by atoms with Crippen LogP contribution in [0.15, 0.2) is 36.4 Å². The smallest absolute Gasteiger partial charge is 0.253 e. The number of aryl methyl sites for hydroxylation is 1. The molecule has 1 aliphatic rings. The molecule has 0 radical (unpaired) electrons. The number of nitrogens with one attached hydrogen (secondary N) is 1. The minimum absolute atomic E-state index is 0.314. The summed E-state index contributed by atoms with van der Waals surface area (Å²) in [6, 6.07) is 10.8. The number of ether oxygens (including phenoxy) is 1. The van der Waals surface area contributed by atoms with E-state index in [4.69, 9.17) is 27.9 Å². The van der Waals surface area contributed by atoms with Crippen LogP contribution in [0, 0.1) is 5.92 Å². The summed E-state index contributed by atoms with van der Waals surface area (Å²) in [6.45, 7) is 0.522. The molecule has 0 heterocycles. The summed E-state index contributed by atoms with van der Waals surface area (Å²) in [5.41, 5.74) is 3.03. The van der Waals surface area contributed by atoms with Crippen LogP contribution in [0.25, 0.3) is 0 Å². The molecule has 3 rings (SSSR count). The predicted octanol–water partition coefficient (Wildman–Crippen LogP) is 3.96. The van der Waals surface area contributed by atoms with Gasteiger partial charge in [0.05, 0.1) is 17.2 Å². The van der Waals surface area contributed by atoms with Gasteiger partial charge in [0.15, 0.2) is 6.10 Å². The second-order valence-corrected chi connectivity index (χ2v) is 7.38. The molecule has 1 amide bonds. The first kappa shape index (κ1) is 19.0. The predicted molar refractivity (Wildman–Crippen MR) is 103 cm³/mol. The van der Waals surface area contributed by atoms with Crippen LogP contribution in [0.2, 0.25) is 10.0 Å². The number of hydrogen-bond acceptors (Lipinski definition) is 3. The van der Waals surface area contributed by atoms with E-state index in [-0.39, 0.29) is 0 Å². The van der Waals surface area contributed by atoms with E-state index < -0.39 is 12.0 Å². The number of carbonyl (C=O) groups excluding carboxylic acids is 1. The lowest BCUT2D eigenvalue weighted by atomic mass is 9.83. The molecule has 138 valence electrons. The summed E-state index contributed by atoms with van der Waals surface area (Å²) in [7, 11) is 1.66. The van der Waals surface area contributed by atoms with Crippen LogP contribution in [0.4, 0.5) is 0 Å². The van der Waals surface area contributed by atoms with E-state index in [1.54, 1.807) is 19.2 Å². The van der Waals surface area contributed by atoms with Gasteiger partial charge in [-0.05, 0) is 66.1 Å². The summed E-state index contributed by atoms with van der Waals surface area (Å²) in [4.78, 5) is 12.3. The van der Waals surface area contributed by atoms with Gasteiger partial charge < -0.3 is 15.2 Å². The monoisotopic (exact) mass is 393 g/mol. The Bertz CT molecular complexity index is 810. The van der Waals surface area contributed by atoms with Crippen molar-refractivity contribution >= 4 is 29.1 Å². The van der Waals surface area contributed by atoms with Gasteiger partial charge >= 0.3 is 0 Å². The van der Waals surface area contributed by atoms with Gasteiger partial charge in [0.1, 0.15) is 5.75 Å². The van der Waals surface area contributed by atoms with E-state index in [1.165, 1.54) is 17.2 Å². The molecule has 2 N–H and O–H groups in total. The molecule has 0 aromatic heterocycles. The molecule has 4 nitrogen and oxygen atoms in total. The zero-order chi connectivity index (χ0) is 18.7. The molecule has 26 heavy (non-hydrogen) atoms. The van der Waals surface area contributed by atoms with Gasteiger partial charge in [-0.1, -0.05) is 35.3 Å². The van der Waals surface area contributed by atoms with Crippen LogP contribution in [-0.4, -0.2) is 24.7 Å². The third-order valence-electron chi connectivity index (χ3n) is 4.82. The van der Waals surface area contributed by atoms with Crippen LogP contribution < -0.4 is 10.1 Å². The molecule has 2 atom stereocenters. The summed E-state index contributed by atoms with van der Waals surface area (Å²) >= 11 is 11.8. The molecule has 0 spiro atoms. The van der Waals surface area contributed by atoms with Crippen LogP contribution >= 0.6 is 23.2 Å². The maximum absolute atomic E-state index is 12.3. The Morgan fingerprint density at radius 1 is 1.23 bits per heavy atom. The topological polar surface area (TPSA) is 58.6 Å². The van der Waals surface area contributed by atoms with Gasteiger partial charge in [0.25, 0.3) is 5.91 Å². The van der Waals surface area contributed by atoms with Crippen LogP contribution in [-0.2, 0) is 17.6 Å². The minimum atomic E-state index is -1.26.